The Bertz CT molecular complexity index is 1470. The van der Waals surface area contributed by atoms with Crippen LogP contribution >= 0.6 is 11.3 Å². The predicted molar refractivity (Wildman–Crippen MR) is 153 cm³/mol. The first-order valence-electron chi connectivity index (χ1n) is 14.6. The van der Waals surface area contributed by atoms with Crippen LogP contribution in [0.5, 0.6) is 0 Å². The number of ether oxygens (including phenoxy) is 1. The first-order chi connectivity index (χ1) is 20.6. The predicted octanol–water partition coefficient (Wildman–Crippen LogP) is 4.00. The number of carboxylic acid groups (broad SMARTS) is 1. The Labute approximate surface area is 251 Å². The van der Waals surface area contributed by atoms with Crippen LogP contribution in [0.25, 0.3) is 0 Å². The van der Waals surface area contributed by atoms with Crippen LogP contribution in [0.1, 0.15) is 48.4 Å². The van der Waals surface area contributed by atoms with Crippen LogP contribution in [0.3, 0.4) is 0 Å². The molecule has 4 aliphatic rings. The van der Waals surface area contributed by atoms with Crippen molar-refractivity contribution in [2.24, 2.45) is 16.8 Å². The van der Waals surface area contributed by atoms with E-state index in [1.807, 2.05) is 0 Å². The van der Waals surface area contributed by atoms with E-state index in [2.05, 4.69) is 10.3 Å². The van der Waals surface area contributed by atoms with Gasteiger partial charge < -0.3 is 15.2 Å². The van der Waals surface area contributed by atoms with Gasteiger partial charge in [0.15, 0.2) is 10.8 Å². The van der Waals surface area contributed by atoms with Crippen molar-refractivity contribution in [2.45, 2.75) is 57.2 Å². The minimum atomic E-state index is -3.00. The zero-order valence-corrected chi connectivity index (χ0v) is 24.7. The minimum Gasteiger partial charge on any atom is -0.481 e. The number of nitrogens with zero attached hydrogens (tertiary/aromatic N) is 4. The maximum absolute atomic E-state index is 15.6. The van der Waals surface area contributed by atoms with Crippen LogP contribution in [0.4, 0.5) is 13.2 Å². The number of likely N-dealkylation sites (tertiary alicyclic amines) is 2. The van der Waals surface area contributed by atoms with Crippen LogP contribution in [-0.2, 0) is 14.3 Å². The largest absolute Gasteiger partial charge is 0.481 e. The molecule has 230 valence electrons. The van der Waals surface area contributed by atoms with E-state index in [4.69, 9.17) is 9.73 Å². The van der Waals surface area contributed by atoms with Gasteiger partial charge in [0.2, 0.25) is 0 Å². The number of amidine groups is 1. The normalized spacial score (nSPS) is 28.4. The number of esters is 1. The van der Waals surface area contributed by atoms with E-state index in [-0.39, 0.29) is 30.6 Å². The topological polar surface area (TPSA) is 107 Å². The van der Waals surface area contributed by atoms with Gasteiger partial charge in [0.1, 0.15) is 11.9 Å². The van der Waals surface area contributed by atoms with E-state index >= 15 is 8.78 Å². The van der Waals surface area contributed by atoms with Crippen LogP contribution < -0.4 is 5.32 Å². The van der Waals surface area contributed by atoms with E-state index < -0.39 is 48.3 Å². The fourth-order valence-electron chi connectivity index (χ4n) is 6.84. The molecule has 1 aliphatic carbocycles. The molecule has 3 fully saturated rings. The summed E-state index contributed by atoms with van der Waals surface area (Å²) >= 11 is 1.33. The molecule has 1 aromatic heterocycles. The van der Waals surface area contributed by atoms with E-state index in [1.165, 1.54) is 17.4 Å². The first kappa shape index (κ1) is 29.8. The van der Waals surface area contributed by atoms with Gasteiger partial charge in [0.05, 0.1) is 30.7 Å². The van der Waals surface area contributed by atoms with Crippen molar-refractivity contribution in [3.05, 3.63) is 63.0 Å². The number of aliphatic carboxylic acids is 1. The number of aliphatic imine (C=N–C) groups is 1. The van der Waals surface area contributed by atoms with Gasteiger partial charge >= 0.3 is 11.9 Å². The summed E-state index contributed by atoms with van der Waals surface area (Å²) in [4.78, 5) is 37.4. The second-order valence-corrected chi connectivity index (χ2v) is 12.5. The Morgan fingerprint density at radius 2 is 2.09 bits per heavy atom. The highest BCUT2D eigenvalue weighted by molar-refractivity contribution is 7.11. The average Bonchev–Trinajstić information content (AvgIpc) is 3.26. The fourth-order valence-corrected chi connectivity index (χ4v) is 7.43. The third-order valence-corrected chi connectivity index (χ3v) is 9.81. The number of halogens is 3. The van der Waals surface area contributed by atoms with Gasteiger partial charge in [0.25, 0.3) is 5.92 Å². The van der Waals surface area contributed by atoms with Crippen LogP contribution in [0.15, 0.2) is 46.0 Å². The molecule has 0 amide bonds. The quantitative estimate of drug-likeness (QED) is 0.386. The standard InChI is InChI=1S/C30H34F3N5O4S/c1-3-42-29(41)23-21(35-26(27-34-9-12-43-27)36-24(23)18-5-4-6-20(31)16(18)2)14-38-15-30(32,33)25-22(38)8-11-37(25)10-7-17-13-19(17)28(39)40/h4-6,9,12,17,19,22,24-25H,3,7-8,10-11,13-15H2,1-2H3,(H,35,36)(H,39,40). The Hall–Kier alpha value is -3.29. The number of fused-ring (bicyclic) bond motifs is 1. The lowest BCUT2D eigenvalue weighted by Crippen LogP contribution is -2.45. The van der Waals surface area contributed by atoms with Gasteiger partial charge in [-0.15, -0.1) is 11.3 Å². The first-order valence-corrected chi connectivity index (χ1v) is 15.5. The Balaban J connectivity index is 1.32. The van der Waals surface area contributed by atoms with Gasteiger partial charge in [0, 0.05) is 36.4 Å². The molecule has 2 aromatic rings. The Kier molecular flexibility index (Phi) is 8.07. The number of carboxylic acids is 1. The summed E-state index contributed by atoms with van der Waals surface area (Å²) in [6.45, 7) is 3.83. The van der Waals surface area contributed by atoms with Crippen molar-refractivity contribution in [1.82, 2.24) is 20.1 Å². The Morgan fingerprint density at radius 1 is 1.28 bits per heavy atom. The van der Waals surface area contributed by atoms with Gasteiger partial charge in [-0.3, -0.25) is 19.6 Å². The van der Waals surface area contributed by atoms with E-state index in [1.54, 1.807) is 47.4 Å². The minimum absolute atomic E-state index is 0.0116. The van der Waals surface area contributed by atoms with Gasteiger partial charge in [-0.1, -0.05) is 12.1 Å². The summed E-state index contributed by atoms with van der Waals surface area (Å²) < 4.78 is 51.4. The molecule has 43 heavy (non-hydrogen) atoms. The molecule has 2 saturated heterocycles. The molecule has 6 rings (SSSR count). The SMILES string of the molecule is CCOC(=O)C1=C(CN2CC(F)(F)C3C2CCN3CCC2CC2C(=O)O)NC(c2nccs2)=NC1c1cccc(F)c1C. The van der Waals surface area contributed by atoms with Gasteiger partial charge in [-0.2, -0.15) is 0 Å². The van der Waals surface area contributed by atoms with Crippen LogP contribution in [0.2, 0.25) is 0 Å². The van der Waals surface area contributed by atoms with Crippen molar-refractivity contribution < 1.29 is 32.6 Å². The summed E-state index contributed by atoms with van der Waals surface area (Å²) in [5.41, 5.74) is 1.35. The lowest BCUT2D eigenvalue weighted by atomic mass is 9.92. The molecule has 0 spiro atoms. The molecule has 0 radical (unpaired) electrons. The lowest BCUT2D eigenvalue weighted by molar-refractivity contribution is -0.139. The highest BCUT2D eigenvalue weighted by Gasteiger charge is 2.59. The van der Waals surface area contributed by atoms with Crippen LogP contribution in [-0.4, -0.2) is 88.5 Å². The molecule has 1 saturated carbocycles. The number of rotatable bonds is 10. The summed E-state index contributed by atoms with van der Waals surface area (Å²) in [5, 5.41) is 14.8. The third-order valence-electron chi connectivity index (χ3n) is 9.03. The number of carbonyl (C=O) groups is 2. The number of benzene rings is 1. The molecule has 3 aliphatic heterocycles. The number of hydrogen-bond acceptors (Lipinski definition) is 9. The number of alkyl halides is 2. The maximum atomic E-state index is 15.6. The molecular weight excluding hydrogens is 583 g/mol. The van der Waals surface area contributed by atoms with Crippen molar-refractivity contribution in [2.75, 3.05) is 32.8 Å². The van der Waals surface area contributed by atoms with Gasteiger partial charge in [-0.05, 0) is 62.8 Å². The van der Waals surface area contributed by atoms with Crippen LogP contribution in [0, 0.1) is 24.6 Å². The number of aromatic nitrogens is 1. The summed E-state index contributed by atoms with van der Waals surface area (Å²) in [6, 6.07) is 2.21. The molecule has 0 bridgehead atoms. The third kappa shape index (κ3) is 5.69. The highest BCUT2D eigenvalue weighted by atomic mass is 32.1. The van der Waals surface area contributed by atoms with E-state index in [0.717, 1.165) is 0 Å². The number of thiazole rings is 1. The van der Waals surface area contributed by atoms with Crippen molar-refractivity contribution in [1.29, 1.82) is 0 Å². The van der Waals surface area contributed by atoms with Crippen molar-refractivity contribution in [3.8, 4) is 0 Å². The lowest BCUT2D eigenvalue weighted by Gasteiger charge is -2.31. The number of nitrogens with one attached hydrogen (secondary N) is 1. The summed E-state index contributed by atoms with van der Waals surface area (Å²) in [5.74, 6) is -4.86. The molecule has 2 N–H and O–H groups in total. The molecule has 1 aromatic carbocycles. The molecule has 5 atom stereocenters. The van der Waals surface area contributed by atoms with E-state index in [9.17, 15) is 19.1 Å². The molecule has 13 heteroatoms. The Morgan fingerprint density at radius 3 is 2.79 bits per heavy atom. The smallest absolute Gasteiger partial charge is 0.338 e. The van der Waals surface area contributed by atoms with Crippen molar-refractivity contribution >= 4 is 29.1 Å². The zero-order chi connectivity index (χ0) is 30.5. The second-order valence-electron chi connectivity index (χ2n) is 11.6. The second kappa shape index (κ2) is 11.7. The van der Waals surface area contributed by atoms with Gasteiger partial charge in [-0.25, -0.2) is 22.9 Å². The average molecular weight is 618 g/mol. The highest BCUT2D eigenvalue weighted by Crippen LogP contribution is 2.45. The monoisotopic (exact) mass is 617 g/mol. The fraction of sp³-hybridized carbons (Fsp3) is 0.533. The zero-order valence-electron chi connectivity index (χ0n) is 23.9. The molecular formula is C30H34F3N5O4S. The van der Waals surface area contributed by atoms with E-state index in [0.29, 0.717) is 60.0 Å². The molecule has 5 unspecified atom stereocenters. The summed E-state index contributed by atoms with van der Waals surface area (Å²) in [7, 11) is 0. The molecule has 9 nitrogen and oxygen atoms in total. The molecule has 4 heterocycles. The summed E-state index contributed by atoms with van der Waals surface area (Å²) in [6.07, 6.45) is 3.33. The maximum Gasteiger partial charge on any atom is 0.338 e. The number of hydrogen-bond donors (Lipinski definition) is 2. The number of carbonyl (C=O) groups excluding carboxylic acids is 1. The van der Waals surface area contributed by atoms with Crippen molar-refractivity contribution in [3.63, 3.8) is 0 Å².